The van der Waals surface area contributed by atoms with E-state index in [0.29, 0.717) is 24.7 Å². The molecule has 1 aliphatic heterocycles. The Balaban J connectivity index is 2.08. The van der Waals surface area contributed by atoms with Crippen LogP contribution in [0.2, 0.25) is 0 Å². The summed E-state index contributed by atoms with van der Waals surface area (Å²) in [6.45, 7) is 2.57. The predicted octanol–water partition coefficient (Wildman–Crippen LogP) is 0.0273. The molecule has 2 N–H and O–H groups in total. The van der Waals surface area contributed by atoms with E-state index in [9.17, 15) is 5.11 Å². The maximum Gasteiger partial charge on any atom is 0.233 e. The highest BCUT2D eigenvalue weighted by Gasteiger charge is 2.27. The molecule has 72 valence electrons. The third-order valence-corrected chi connectivity index (χ3v) is 2.19. The average molecular weight is 183 g/mol. The van der Waals surface area contributed by atoms with Crippen LogP contribution in [0.25, 0.3) is 0 Å². The van der Waals surface area contributed by atoms with Gasteiger partial charge in [-0.25, -0.2) is 0 Å². The highest BCUT2D eigenvalue weighted by atomic mass is 16.4. The Morgan fingerprint density at radius 1 is 1.62 bits per heavy atom. The molecule has 0 radical (unpaired) electrons. The number of β-amino-alcohol motifs (C(OH)–C–C–N with tert-alkyl or cyclic N) is 1. The number of rotatable bonds is 2. The second-order valence-electron chi connectivity index (χ2n) is 3.24. The molecule has 0 unspecified atom stereocenters. The minimum absolute atomic E-state index is 0.0304. The van der Waals surface area contributed by atoms with Crippen LogP contribution >= 0.6 is 0 Å². The van der Waals surface area contributed by atoms with Gasteiger partial charge in [0.1, 0.15) is 0 Å². The zero-order chi connectivity index (χ0) is 9.26. The number of nitrogens with one attached hydrogen (secondary N) is 1. The minimum Gasteiger partial charge on any atom is -0.424 e. The molecular weight excluding hydrogens is 170 g/mol. The second-order valence-corrected chi connectivity index (χ2v) is 3.24. The van der Waals surface area contributed by atoms with Crippen LogP contribution in [0.3, 0.4) is 0 Å². The topological polar surface area (TPSA) is 71.2 Å². The van der Waals surface area contributed by atoms with Gasteiger partial charge < -0.3 is 14.8 Å². The van der Waals surface area contributed by atoms with E-state index in [1.807, 2.05) is 6.92 Å². The number of nitrogens with zero attached hydrogens (tertiary/aromatic N) is 2. The summed E-state index contributed by atoms with van der Waals surface area (Å²) in [4.78, 5) is 0. The number of aryl methyl sites for hydroxylation is 1. The van der Waals surface area contributed by atoms with Gasteiger partial charge in [-0.3, -0.25) is 0 Å². The lowest BCUT2D eigenvalue weighted by molar-refractivity contribution is 0.191. The summed E-state index contributed by atoms with van der Waals surface area (Å²) in [7, 11) is 0. The van der Waals surface area contributed by atoms with Gasteiger partial charge in [-0.05, 0) is 6.42 Å². The zero-order valence-corrected chi connectivity index (χ0v) is 7.53. The summed E-state index contributed by atoms with van der Waals surface area (Å²) in [6.07, 6.45) is 1.12. The van der Waals surface area contributed by atoms with E-state index in [1.165, 1.54) is 0 Å². The van der Waals surface area contributed by atoms with Crippen LogP contribution in [0, 0.1) is 0 Å². The Bertz CT molecular complexity index is 287. The lowest BCUT2D eigenvalue weighted by Crippen LogP contribution is -2.15. The van der Waals surface area contributed by atoms with Crippen LogP contribution in [-0.4, -0.2) is 28.0 Å². The minimum atomic E-state index is -0.290. The van der Waals surface area contributed by atoms with Crippen molar-refractivity contribution < 1.29 is 9.52 Å². The molecule has 2 rings (SSSR count). The Labute approximate surface area is 76.2 Å². The van der Waals surface area contributed by atoms with Crippen molar-refractivity contribution in [3.8, 4) is 0 Å². The van der Waals surface area contributed by atoms with Gasteiger partial charge in [-0.1, -0.05) is 6.92 Å². The summed E-state index contributed by atoms with van der Waals surface area (Å²) in [5, 5.41) is 20.2. The summed E-state index contributed by atoms with van der Waals surface area (Å²) in [5.41, 5.74) is 0. The summed E-state index contributed by atoms with van der Waals surface area (Å²) >= 11 is 0. The van der Waals surface area contributed by atoms with Crippen LogP contribution in [0.1, 0.15) is 31.2 Å². The number of hydrogen-bond acceptors (Lipinski definition) is 5. The quantitative estimate of drug-likeness (QED) is 0.676. The van der Waals surface area contributed by atoms with E-state index < -0.39 is 0 Å². The molecule has 0 spiro atoms. The molecule has 1 saturated heterocycles. The largest absolute Gasteiger partial charge is 0.424 e. The van der Waals surface area contributed by atoms with Crippen molar-refractivity contribution in [2.45, 2.75) is 31.9 Å². The molecule has 0 aliphatic carbocycles. The van der Waals surface area contributed by atoms with E-state index in [1.54, 1.807) is 0 Å². The van der Waals surface area contributed by atoms with E-state index >= 15 is 0 Å². The molecule has 0 bridgehead atoms. The van der Waals surface area contributed by atoms with Crippen LogP contribution in [0.15, 0.2) is 4.42 Å². The number of aliphatic hydroxyl groups is 1. The van der Waals surface area contributed by atoms with Crippen molar-refractivity contribution in [3.05, 3.63) is 11.8 Å². The number of aliphatic hydroxyl groups excluding tert-OH is 1. The summed E-state index contributed by atoms with van der Waals surface area (Å²) in [5.74, 6) is 1.24. The molecular formula is C8H13N3O2. The second kappa shape index (κ2) is 3.43. The molecule has 1 aromatic heterocycles. The van der Waals surface area contributed by atoms with Gasteiger partial charge in [-0.2, -0.15) is 0 Å². The molecule has 0 aromatic carbocycles. The normalized spacial score (nSPS) is 28.2. The maximum atomic E-state index is 9.27. The van der Waals surface area contributed by atoms with Gasteiger partial charge in [-0.15, -0.1) is 10.2 Å². The lowest BCUT2D eigenvalue weighted by Gasteiger charge is -2.01. The first-order chi connectivity index (χ1) is 6.29. The molecule has 0 saturated carbocycles. The molecule has 1 fully saturated rings. The van der Waals surface area contributed by atoms with Crippen molar-refractivity contribution in [1.29, 1.82) is 0 Å². The third kappa shape index (κ3) is 1.71. The van der Waals surface area contributed by atoms with Crippen LogP contribution in [0.5, 0.6) is 0 Å². The first-order valence-corrected chi connectivity index (χ1v) is 4.53. The molecule has 5 heteroatoms. The van der Waals surface area contributed by atoms with Crippen molar-refractivity contribution >= 4 is 0 Å². The van der Waals surface area contributed by atoms with Gasteiger partial charge in [0.05, 0.1) is 12.1 Å². The average Bonchev–Trinajstić information content (AvgIpc) is 2.71. The Kier molecular flexibility index (Phi) is 2.28. The van der Waals surface area contributed by atoms with Gasteiger partial charge >= 0.3 is 0 Å². The summed E-state index contributed by atoms with van der Waals surface area (Å²) < 4.78 is 5.37. The summed E-state index contributed by atoms with van der Waals surface area (Å²) in [6, 6.07) is 0.0304. The fraction of sp³-hybridized carbons (Fsp3) is 0.750. The van der Waals surface area contributed by atoms with E-state index in [4.69, 9.17) is 4.42 Å². The van der Waals surface area contributed by atoms with Crippen molar-refractivity contribution in [1.82, 2.24) is 15.5 Å². The third-order valence-electron chi connectivity index (χ3n) is 2.19. The standard InChI is InChI=1S/C8H13N3O2/c1-2-7-10-11-8(13-7)6-3-5(12)4-9-6/h5-6,9,12H,2-4H2,1H3/t5-,6-/m1/s1. The highest BCUT2D eigenvalue weighted by molar-refractivity contribution is 4.95. The lowest BCUT2D eigenvalue weighted by atomic mass is 10.2. The van der Waals surface area contributed by atoms with Crippen molar-refractivity contribution in [2.24, 2.45) is 0 Å². The first kappa shape index (κ1) is 8.65. The molecule has 2 atom stereocenters. The van der Waals surface area contributed by atoms with Gasteiger partial charge in [0.2, 0.25) is 11.8 Å². The maximum absolute atomic E-state index is 9.27. The van der Waals surface area contributed by atoms with Crippen LogP contribution < -0.4 is 5.32 Å². The Morgan fingerprint density at radius 2 is 2.46 bits per heavy atom. The molecule has 0 amide bonds. The van der Waals surface area contributed by atoms with E-state index in [-0.39, 0.29) is 12.1 Å². The molecule has 5 nitrogen and oxygen atoms in total. The number of aromatic nitrogens is 2. The first-order valence-electron chi connectivity index (χ1n) is 4.53. The van der Waals surface area contributed by atoms with Crippen LogP contribution in [-0.2, 0) is 6.42 Å². The zero-order valence-electron chi connectivity index (χ0n) is 7.53. The van der Waals surface area contributed by atoms with Crippen molar-refractivity contribution in [2.75, 3.05) is 6.54 Å². The SMILES string of the molecule is CCc1nnc([C@H]2C[C@@H](O)CN2)o1. The monoisotopic (exact) mass is 183 g/mol. The van der Waals surface area contributed by atoms with Crippen LogP contribution in [0.4, 0.5) is 0 Å². The van der Waals surface area contributed by atoms with Gasteiger partial charge in [0.15, 0.2) is 0 Å². The highest BCUT2D eigenvalue weighted by Crippen LogP contribution is 2.21. The smallest absolute Gasteiger partial charge is 0.233 e. The van der Waals surface area contributed by atoms with Gasteiger partial charge in [0.25, 0.3) is 0 Å². The van der Waals surface area contributed by atoms with E-state index in [2.05, 4.69) is 15.5 Å². The molecule has 1 aromatic rings. The van der Waals surface area contributed by atoms with E-state index in [0.717, 1.165) is 6.42 Å². The molecule has 1 aliphatic rings. The Morgan fingerprint density at radius 3 is 3.00 bits per heavy atom. The molecule has 2 heterocycles. The Hall–Kier alpha value is -0.940. The molecule has 13 heavy (non-hydrogen) atoms. The van der Waals surface area contributed by atoms with Crippen molar-refractivity contribution in [3.63, 3.8) is 0 Å². The number of hydrogen-bond donors (Lipinski definition) is 2. The fourth-order valence-corrected chi connectivity index (χ4v) is 1.46. The van der Waals surface area contributed by atoms with Gasteiger partial charge in [0, 0.05) is 13.0 Å². The fourth-order valence-electron chi connectivity index (χ4n) is 1.46. The predicted molar refractivity (Wildman–Crippen MR) is 45.0 cm³/mol.